The molecule has 16 heavy (non-hydrogen) atoms. The second-order valence-corrected chi connectivity index (χ2v) is 3.22. The summed E-state index contributed by atoms with van der Waals surface area (Å²) in [6.45, 7) is 1.62. The Bertz CT molecular complexity index is 381. The summed E-state index contributed by atoms with van der Waals surface area (Å²) < 4.78 is 23.1. The van der Waals surface area contributed by atoms with Crippen molar-refractivity contribution >= 4 is 5.97 Å². The Morgan fingerprint density at radius 3 is 2.81 bits per heavy atom. The summed E-state index contributed by atoms with van der Waals surface area (Å²) in [7, 11) is 1.24. The van der Waals surface area contributed by atoms with E-state index >= 15 is 0 Å². The van der Waals surface area contributed by atoms with Gasteiger partial charge in [0.15, 0.2) is 17.7 Å². The number of methoxy groups -OCH3 is 1. The molecule has 0 spiro atoms. The first-order chi connectivity index (χ1) is 7.60. The summed E-state index contributed by atoms with van der Waals surface area (Å²) in [4.78, 5) is 11.1. The van der Waals surface area contributed by atoms with Gasteiger partial charge in [0, 0.05) is 12.1 Å². The Hall–Kier alpha value is -1.62. The highest BCUT2D eigenvalue weighted by Crippen LogP contribution is 2.23. The van der Waals surface area contributed by atoms with Gasteiger partial charge >= 0.3 is 5.97 Å². The van der Waals surface area contributed by atoms with E-state index in [4.69, 9.17) is 10.5 Å². The number of nitrogens with two attached hydrogens (primary N) is 1. The fourth-order valence-electron chi connectivity index (χ4n) is 1.24. The first-order valence-corrected chi connectivity index (χ1v) is 4.82. The molecule has 1 unspecified atom stereocenters. The molecule has 0 aliphatic rings. The second-order valence-electron chi connectivity index (χ2n) is 3.22. The molecule has 0 radical (unpaired) electrons. The summed E-state index contributed by atoms with van der Waals surface area (Å²) in [5.74, 6) is -1.10. The number of carbonyl (C=O) groups is 1. The third-order valence-electron chi connectivity index (χ3n) is 2.10. The lowest BCUT2D eigenvalue weighted by molar-refractivity contribution is -0.148. The van der Waals surface area contributed by atoms with Crippen molar-refractivity contribution in [3.8, 4) is 5.75 Å². The van der Waals surface area contributed by atoms with E-state index in [9.17, 15) is 9.18 Å². The van der Waals surface area contributed by atoms with Gasteiger partial charge in [0.05, 0.1) is 7.11 Å². The highest BCUT2D eigenvalue weighted by atomic mass is 19.1. The minimum Gasteiger partial charge on any atom is -0.476 e. The van der Waals surface area contributed by atoms with Gasteiger partial charge in [-0.15, -0.1) is 0 Å². The van der Waals surface area contributed by atoms with E-state index in [0.29, 0.717) is 5.56 Å². The van der Waals surface area contributed by atoms with Gasteiger partial charge in [-0.1, -0.05) is 12.1 Å². The molecule has 2 N–H and O–H groups in total. The number of halogens is 1. The highest BCUT2D eigenvalue weighted by molar-refractivity contribution is 5.74. The van der Waals surface area contributed by atoms with E-state index in [1.165, 1.54) is 26.2 Å². The van der Waals surface area contributed by atoms with E-state index in [1.807, 2.05) is 0 Å². The average molecular weight is 227 g/mol. The van der Waals surface area contributed by atoms with Crippen LogP contribution in [0.25, 0.3) is 0 Å². The molecule has 0 bridgehead atoms. The molecule has 0 heterocycles. The number of para-hydroxylation sites is 1. The number of ether oxygens (including phenoxy) is 2. The van der Waals surface area contributed by atoms with Crippen molar-refractivity contribution in [2.24, 2.45) is 5.73 Å². The maximum absolute atomic E-state index is 13.4. The molecule has 1 atom stereocenters. The standard InChI is InChI=1S/C11H14FNO3/c1-7(11(14)15-2)16-10-8(6-13)4-3-5-9(10)12/h3-5,7H,6,13H2,1-2H3. The third-order valence-corrected chi connectivity index (χ3v) is 2.10. The molecule has 5 heteroatoms. The molecule has 1 aromatic rings. The monoisotopic (exact) mass is 227 g/mol. The van der Waals surface area contributed by atoms with Crippen LogP contribution >= 0.6 is 0 Å². The third kappa shape index (κ3) is 2.70. The van der Waals surface area contributed by atoms with E-state index in [1.54, 1.807) is 6.07 Å². The number of rotatable bonds is 4. The molecular weight excluding hydrogens is 213 g/mol. The average Bonchev–Trinajstić information content (AvgIpc) is 2.30. The van der Waals surface area contributed by atoms with Crippen LogP contribution in [-0.2, 0) is 16.1 Å². The lowest BCUT2D eigenvalue weighted by atomic mass is 10.2. The fraction of sp³-hybridized carbons (Fsp3) is 0.364. The van der Waals surface area contributed by atoms with Crippen molar-refractivity contribution in [1.82, 2.24) is 0 Å². The largest absolute Gasteiger partial charge is 0.476 e. The number of benzene rings is 1. The van der Waals surface area contributed by atoms with Crippen LogP contribution < -0.4 is 10.5 Å². The summed E-state index contributed by atoms with van der Waals surface area (Å²) in [6.07, 6.45) is -0.868. The molecule has 0 aliphatic heterocycles. The van der Waals surface area contributed by atoms with Gasteiger partial charge in [0.25, 0.3) is 0 Å². The maximum Gasteiger partial charge on any atom is 0.346 e. The zero-order chi connectivity index (χ0) is 12.1. The lowest BCUT2D eigenvalue weighted by Gasteiger charge is -2.15. The van der Waals surface area contributed by atoms with Crippen LogP contribution in [0, 0.1) is 5.82 Å². The van der Waals surface area contributed by atoms with E-state index in [2.05, 4.69) is 4.74 Å². The molecular formula is C11H14FNO3. The van der Waals surface area contributed by atoms with Crippen LogP contribution in [0.15, 0.2) is 18.2 Å². The van der Waals surface area contributed by atoms with Gasteiger partial charge in [-0.05, 0) is 13.0 Å². The van der Waals surface area contributed by atoms with Crippen molar-refractivity contribution < 1.29 is 18.7 Å². The van der Waals surface area contributed by atoms with E-state index in [-0.39, 0.29) is 12.3 Å². The SMILES string of the molecule is COC(=O)C(C)Oc1c(F)cccc1CN. The van der Waals surface area contributed by atoms with Crippen LogP contribution in [0.2, 0.25) is 0 Å². The molecule has 88 valence electrons. The molecule has 0 saturated heterocycles. The smallest absolute Gasteiger partial charge is 0.346 e. The van der Waals surface area contributed by atoms with Crippen LogP contribution in [0.1, 0.15) is 12.5 Å². The van der Waals surface area contributed by atoms with Gasteiger partial charge in [-0.2, -0.15) is 0 Å². The van der Waals surface area contributed by atoms with Crippen LogP contribution in [-0.4, -0.2) is 19.2 Å². The number of esters is 1. The molecule has 4 nitrogen and oxygen atoms in total. The Balaban J connectivity index is 2.91. The predicted molar refractivity (Wildman–Crippen MR) is 56.4 cm³/mol. The van der Waals surface area contributed by atoms with Crippen LogP contribution in [0.3, 0.4) is 0 Å². The minimum absolute atomic E-state index is 0.00269. The number of hydrogen-bond donors (Lipinski definition) is 1. The van der Waals surface area contributed by atoms with Crippen molar-refractivity contribution in [2.45, 2.75) is 19.6 Å². The van der Waals surface area contributed by atoms with Gasteiger partial charge in [0.2, 0.25) is 0 Å². The molecule has 0 amide bonds. The molecule has 0 aliphatic carbocycles. The Morgan fingerprint density at radius 2 is 2.25 bits per heavy atom. The lowest BCUT2D eigenvalue weighted by Crippen LogP contribution is -2.26. The Kier molecular flexibility index (Phi) is 4.25. The zero-order valence-electron chi connectivity index (χ0n) is 9.20. The van der Waals surface area contributed by atoms with Crippen molar-refractivity contribution in [1.29, 1.82) is 0 Å². The first kappa shape index (κ1) is 12.4. The highest BCUT2D eigenvalue weighted by Gasteiger charge is 2.18. The van der Waals surface area contributed by atoms with Gasteiger partial charge in [0.1, 0.15) is 0 Å². The van der Waals surface area contributed by atoms with Crippen molar-refractivity contribution in [3.63, 3.8) is 0 Å². The van der Waals surface area contributed by atoms with Crippen molar-refractivity contribution in [2.75, 3.05) is 7.11 Å². The topological polar surface area (TPSA) is 61.5 Å². The van der Waals surface area contributed by atoms with Crippen LogP contribution in [0.5, 0.6) is 5.75 Å². The van der Waals surface area contributed by atoms with Gasteiger partial charge in [-0.3, -0.25) is 0 Å². The normalized spacial score (nSPS) is 12.0. The molecule has 0 aromatic heterocycles. The van der Waals surface area contributed by atoms with E-state index < -0.39 is 17.9 Å². The van der Waals surface area contributed by atoms with Gasteiger partial charge < -0.3 is 15.2 Å². The van der Waals surface area contributed by atoms with Crippen LogP contribution in [0.4, 0.5) is 4.39 Å². The quantitative estimate of drug-likeness (QED) is 0.786. The van der Waals surface area contributed by atoms with Crippen molar-refractivity contribution in [3.05, 3.63) is 29.6 Å². The summed E-state index contributed by atoms with van der Waals surface area (Å²) >= 11 is 0. The summed E-state index contributed by atoms with van der Waals surface area (Å²) in [6, 6.07) is 4.42. The fourth-order valence-corrected chi connectivity index (χ4v) is 1.24. The maximum atomic E-state index is 13.4. The first-order valence-electron chi connectivity index (χ1n) is 4.82. The second kappa shape index (κ2) is 5.46. The summed E-state index contributed by atoms with van der Waals surface area (Å²) in [5.41, 5.74) is 5.95. The minimum atomic E-state index is -0.868. The molecule has 1 rings (SSSR count). The van der Waals surface area contributed by atoms with E-state index in [0.717, 1.165) is 0 Å². The summed E-state index contributed by atoms with van der Waals surface area (Å²) in [5, 5.41) is 0. The molecule has 0 saturated carbocycles. The number of carbonyl (C=O) groups excluding carboxylic acids is 1. The Morgan fingerprint density at radius 1 is 1.56 bits per heavy atom. The predicted octanol–water partition coefficient (Wildman–Crippen LogP) is 1.22. The molecule has 1 aromatic carbocycles. The molecule has 0 fully saturated rings. The van der Waals surface area contributed by atoms with Gasteiger partial charge in [-0.25, -0.2) is 9.18 Å². The zero-order valence-corrected chi connectivity index (χ0v) is 9.20. The number of hydrogen-bond acceptors (Lipinski definition) is 4. The Labute approximate surface area is 93.2 Å².